The van der Waals surface area contributed by atoms with Crippen molar-refractivity contribution in [2.45, 2.75) is 82.4 Å². The molecule has 6 nitrogen and oxygen atoms in total. The second-order valence-electron chi connectivity index (χ2n) is 7.75. The summed E-state index contributed by atoms with van der Waals surface area (Å²) in [5, 5.41) is 22.4. The number of amides is 2. The van der Waals surface area contributed by atoms with Gasteiger partial charge in [0.25, 0.3) is 0 Å². The van der Waals surface area contributed by atoms with E-state index in [-0.39, 0.29) is 36.1 Å². The summed E-state index contributed by atoms with van der Waals surface area (Å²) in [7, 11) is 0. The fraction of sp³-hybridized carbons (Fsp3) is 0.889. The molecular weight excluding hydrogens is 308 g/mol. The molecule has 0 aromatic rings. The zero-order valence-corrected chi connectivity index (χ0v) is 14.3. The summed E-state index contributed by atoms with van der Waals surface area (Å²) in [5.74, 6) is -0.751. The van der Waals surface area contributed by atoms with Crippen molar-refractivity contribution in [2.75, 3.05) is 6.54 Å². The molecule has 1 heterocycles. The van der Waals surface area contributed by atoms with E-state index in [4.69, 9.17) is 5.11 Å². The van der Waals surface area contributed by atoms with Gasteiger partial charge in [-0.1, -0.05) is 6.42 Å². The zero-order valence-electron chi connectivity index (χ0n) is 14.3. The Morgan fingerprint density at radius 1 is 0.917 bits per heavy atom. The van der Waals surface area contributed by atoms with Crippen LogP contribution in [0.3, 0.4) is 0 Å². The van der Waals surface area contributed by atoms with Gasteiger partial charge in [-0.2, -0.15) is 0 Å². The van der Waals surface area contributed by atoms with Gasteiger partial charge in [0.05, 0.1) is 12.0 Å². The zero-order chi connectivity index (χ0) is 17.1. The van der Waals surface area contributed by atoms with E-state index in [1.807, 2.05) is 4.90 Å². The van der Waals surface area contributed by atoms with E-state index in [2.05, 4.69) is 5.32 Å². The minimum atomic E-state index is -0.717. The fourth-order valence-electron chi connectivity index (χ4n) is 4.81. The highest BCUT2D eigenvalue weighted by Gasteiger charge is 2.39. The van der Waals surface area contributed by atoms with Crippen molar-refractivity contribution in [3.05, 3.63) is 0 Å². The van der Waals surface area contributed by atoms with Crippen LogP contribution in [-0.4, -0.2) is 51.8 Å². The van der Waals surface area contributed by atoms with Crippen LogP contribution in [0.15, 0.2) is 0 Å². The monoisotopic (exact) mass is 338 g/mol. The van der Waals surface area contributed by atoms with Gasteiger partial charge in [0.1, 0.15) is 0 Å². The summed E-state index contributed by atoms with van der Waals surface area (Å²) in [4.78, 5) is 25.8. The minimum absolute atomic E-state index is 0.0161. The molecule has 3 unspecified atom stereocenters. The minimum Gasteiger partial charge on any atom is -0.481 e. The van der Waals surface area contributed by atoms with E-state index >= 15 is 0 Å². The summed E-state index contributed by atoms with van der Waals surface area (Å²) in [6.45, 7) is 0.768. The maximum absolute atomic E-state index is 12.8. The van der Waals surface area contributed by atoms with E-state index in [1.165, 1.54) is 0 Å². The molecule has 136 valence electrons. The summed E-state index contributed by atoms with van der Waals surface area (Å²) in [6, 6.07) is 0.230. The Hall–Kier alpha value is -1.30. The van der Waals surface area contributed by atoms with Gasteiger partial charge in [-0.05, 0) is 57.8 Å². The molecule has 6 heteroatoms. The molecule has 3 fully saturated rings. The second kappa shape index (κ2) is 7.72. The predicted octanol–water partition coefficient (Wildman–Crippen LogP) is 2.35. The number of piperidine rings is 1. The molecule has 0 bridgehead atoms. The third-order valence-electron chi connectivity index (χ3n) is 6.24. The molecule has 3 N–H and O–H groups in total. The Morgan fingerprint density at radius 3 is 2.29 bits per heavy atom. The Labute approximate surface area is 143 Å². The molecule has 24 heavy (non-hydrogen) atoms. The first-order valence-corrected chi connectivity index (χ1v) is 9.54. The van der Waals surface area contributed by atoms with Crippen molar-refractivity contribution in [2.24, 2.45) is 11.8 Å². The van der Waals surface area contributed by atoms with E-state index in [0.717, 1.165) is 57.9 Å². The molecule has 2 saturated carbocycles. The number of carbonyl (C=O) groups is 2. The van der Waals surface area contributed by atoms with Gasteiger partial charge in [-0.15, -0.1) is 0 Å². The molecule has 0 spiro atoms. The second-order valence-corrected chi connectivity index (χ2v) is 7.75. The molecule has 1 saturated heterocycles. The Kier molecular flexibility index (Phi) is 5.64. The van der Waals surface area contributed by atoms with Crippen LogP contribution in [0, 0.1) is 11.8 Å². The van der Waals surface area contributed by atoms with Gasteiger partial charge in [0.2, 0.25) is 0 Å². The Bertz CT molecular complexity index is 462. The molecule has 2 aliphatic carbocycles. The number of likely N-dealkylation sites (tertiary alicyclic amines) is 1. The summed E-state index contributed by atoms with van der Waals surface area (Å²) < 4.78 is 0. The number of aliphatic hydroxyl groups excluding tert-OH is 1. The van der Waals surface area contributed by atoms with E-state index < -0.39 is 5.97 Å². The lowest BCUT2D eigenvalue weighted by Gasteiger charge is -2.41. The summed E-state index contributed by atoms with van der Waals surface area (Å²) >= 11 is 0. The third kappa shape index (κ3) is 3.85. The highest BCUT2D eigenvalue weighted by molar-refractivity contribution is 5.75. The van der Waals surface area contributed by atoms with Gasteiger partial charge in [0.15, 0.2) is 0 Å². The molecular formula is C18H30N2O4. The van der Waals surface area contributed by atoms with Crippen molar-refractivity contribution in [1.82, 2.24) is 10.2 Å². The lowest BCUT2D eigenvalue weighted by atomic mass is 9.86. The molecule has 0 aromatic heterocycles. The fourth-order valence-corrected chi connectivity index (χ4v) is 4.81. The predicted molar refractivity (Wildman–Crippen MR) is 89.6 cm³/mol. The Morgan fingerprint density at radius 2 is 1.67 bits per heavy atom. The number of hydrogen-bond donors (Lipinski definition) is 3. The number of urea groups is 1. The highest BCUT2D eigenvalue weighted by Crippen LogP contribution is 2.35. The van der Waals surface area contributed by atoms with Crippen LogP contribution in [0.4, 0.5) is 4.79 Å². The summed E-state index contributed by atoms with van der Waals surface area (Å²) in [5.41, 5.74) is 0. The molecule has 0 radical (unpaired) electrons. The van der Waals surface area contributed by atoms with Crippen molar-refractivity contribution in [1.29, 1.82) is 0 Å². The first-order chi connectivity index (χ1) is 11.6. The van der Waals surface area contributed by atoms with Crippen molar-refractivity contribution in [3.8, 4) is 0 Å². The number of aliphatic hydroxyl groups is 1. The maximum atomic E-state index is 12.8. The molecule has 3 aliphatic rings. The number of hydrogen-bond acceptors (Lipinski definition) is 3. The molecule has 2 amide bonds. The van der Waals surface area contributed by atoms with E-state index in [0.29, 0.717) is 12.8 Å². The highest BCUT2D eigenvalue weighted by atomic mass is 16.4. The maximum Gasteiger partial charge on any atom is 0.317 e. The Balaban J connectivity index is 1.56. The molecule has 3 rings (SSSR count). The van der Waals surface area contributed by atoms with E-state index in [9.17, 15) is 14.7 Å². The first-order valence-electron chi connectivity index (χ1n) is 9.54. The van der Waals surface area contributed by atoms with Crippen LogP contribution in [0.25, 0.3) is 0 Å². The lowest BCUT2D eigenvalue weighted by Crippen LogP contribution is -2.55. The van der Waals surface area contributed by atoms with E-state index in [1.54, 1.807) is 0 Å². The van der Waals surface area contributed by atoms with Crippen molar-refractivity contribution in [3.63, 3.8) is 0 Å². The normalized spacial score (nSPS) is 37.2. The molecule has 0 aromatic carbocycles. The van der Waals surface area contributed by atoms with Gasteiger partial charge >= 0.3 is 12.0 Å². The van der Waals surface area contributed by atoms with Gasteiger partial charge < -0.3 is 20.4 Å². The molecule has 1 aliphatic heterocycles. The van der Waals surface area contributed by atoms with Crippen LogP contribution in [-0.2, 0) is 4.79 Å². The van der Waals surface area contributed by atoms with Crippen LogP contribution in [0.5, 0.6) is 0 Å². The lowest BCUT2D eigenvalue weighted by molar-refractivity contribution is -0.142. The number of carbonyl (C=O) groups excluding carboxylic acids is 1. The standard InChI is InChI=1S/C18H30N2O4/c21-16-6-3-4-14(16)15-5-1-2-11-20(15)18(24)19-13-9-7-12(8-10-13)17(22)23/h12-16,21H,1-11H2,(H,19,24)(H,22,23). The van der Waals surface area contributed by atoms with Gasteiger partial charge in [-0.25, -0.2) is 4.79 Å². The van der Waals surface area contributed by atoms with Crippen LogP contribution < -0.4 is 5.32 Å². The number of nitrogens with zero attached hydrogens (tertiary/aromatic N) is 1. The number of carboxylic acid groups (broad SMARTS) is 1. The largest absolute Gasteiger partial charge is 0.481 e. The smallest absolute Gasteiger partial charge is 0.317 e. The SMILES string of the molecule is O=C(O)C1CCC(NC(=O)N2CCCCC2C2CCCC2O)CC1. The quantitative estimate of drug-likeness (QED) is 0.737. The van der Waals surface area contributed by atoms with Crippen LogP contribution in [0.1, 0.15) is 64.2 Å². The summed E-state index contributed by atoms with van der Waals surface area (Å²) in [6.07, 6.45) is 8.57. The molecule has 3 atom stereocenters. The van der Waals surface area contributed by atoms with Crippen molar-refractivity contribution >= 4 is 12.0 Å². The van der Waals surface area contributed by atoms with Gasteiger partial charge in [-0.3, -0.25) is 4.79 Å². The number of nitrogens with one attached hydrogen (secondary N) is 1. The van der Waals surface area contributed by atoms with Crippen LogP contribution >= 0.6 is 0 Å². The number of rotatable bonds is 3. The number of carboxylic acids is 1. The third-order valence-corrected chi connectivity index (χ3v) is 6.24. The van der Waals surface area contributed by atoms with Crippen LogP contribution in [0.2, 0.25) is 0 Å². The average molecular weight is 338 g/mol. The van der Waals surface area contributed by atoms with Gasteiger partial charge in [0, 0.05) is 24.5 Å². The first kappa shape index (κ1) is 17.5. The topological polar surface area (TPSA) is 89.9 Å². The average Bonchev–Trinajstić information content (AvgIpc) is 3.01. The van der Waals surface area contributed by atoms with Crippen molar-refractivity contribution < 1.29 is 19.8 Å². The number of aliphatic carboxylic acids is 1.